The molecule has 0 atom stereocenters. The predicted octanol–water partition coefficient (Wildman–Crippen LogP) is 1.89. The highest BCUT2D eigenvalue weighted by atomic mass is 16.5. The van der Waals surface area contributed by atoms with Crippen LogP contribution in [0, 0.1) is 0 Å². The van der Waals surface area contributed by atoms with Gasteiger partial charge >= 0.3 is 0 Å². The molecular formula is C18H28N2O4. The molecule has 2 rings (SSSR count). The van der Waals surface area contributed by atoms with Crippen molar-refractivity contribution in [3.63, 3.8) is 0 Å². The van der Waals surface area contributed by atoms with E-state index in [-0.39, 0.29) is 11.9 Å². The number of hydrogen-bond donors (Lipinski definition) is 0. The second kappa shape index (κ2) is 8.89. The lowest BCUT2D eigenvalue weighted by Crippen LogP contribution is -2.46. The standard InChI is InChI=1S/C18H28N2O4/c1-19(2)9-10-20(14-7-11-24-12-8-14)18(21)16-6-5-15(22-3)13-17(16)23-4/h5-6,13-14H,7-12H2,1-4H3. The Labute approximate surface area is 144 Å². The molecule has 0 unspecified atom stereocenters. The second-order valence-electron chi connectivity index (χ2n) is 6.21. The maximum absolute atomic E-state index is 13.2. The molecular weight excluding hydrogens is 308 g/mol. The fourth-order valence-electron chi connectivity index (χ4n) is 2.88. The van der Waals surface area contributed by atoms with Crippen molar-refractivity contribution in [2.24, 2.45) is 0 Å². The van der Waals surface area contributed by atoms with Crippen molar-refractivity contribution in [3.8, 4) is 11.5 Å². The van der Waals surface area contributed by atoms with Gasteiger partial charge in [-0.15, -0.1) is 0 Å². The van der Waals surface area contributed by atoms with Gasteiger partial charge in [0.25, 0.3) is 5.91 Å². The summed E-state index contributed by atoms with van der Waals surface area (Å²) in [7, 11) is 7.20. The first-order valence-corrected chi connectivity index (χ1v) is 8.32. The highest BCUT2D eigenvalue weighted by molar-refractivity contribution is 5.97. The molecule has 0 N–H and O–H groups in total. The van der Waals surface area contributed by atoms with E-state index in [1.807, 2.05) is 19.0 Å². The molecule has 1 aliphatic rings. The summed E-state index contributed by atoms with van der Waals surface area (Å²) in [4.78, 5) is 17.2. The number of amides is 1. The number of methoxy groups -OCH3 is 2. The summed E-state index contributed by atoms with van der Waals surface area (Å²) >= 11 is 0. The van der Waals surface area contributed by atoms with Crippen LogP contribution in [0.15, 0.2) is 18.2 Å². The fourth-order valence-corrected chi connectivity index (χ4v) is 2.88. The zero-order valence-electron chi connectivity index (χ0n) is 15.1. The summed E-state index contributed by atoms with van der Waals surface area (Å²) in [6.45, 7) is 2.92. The van der Waals surface area contributed by atoms with Crippen molar-refractivity contribution in [1.82, 2.24) is 9.80 Å². The molecule has 0 saturated carbocycles. The molecule has 1 amide bonds. The summed E-state index contributed by atoms with van der Waals surface area (Å²) in [5.41, 5.74) is 0.573. The van der Waals surface area contributed by atoms with Crippen molar-refractivity contribution in [2.45, 2.75) is 18.9 Å². The van der Waals surface area contributed by atoms with Gasteiger partial charge in [-0.25, -0.2) is 0 Å². The first-order valence-electron chi connectivity index (χ1n) is 8.32. The zero-order valence-corrected chi connectivity index (χ0v) is 15.1. The largest absolute Gasteiger partial charge is 0.497 e. The van der Waals surface area contributed by atoms with Crippen LogP contribution in [0.4, 0.5) is 0 Å². The van der Waals surface area contributed by atoms with Gasteiger partial charge in [-0.2, -0.15) is 0 Å². The Hall–Kier alpha value is -1.79. The van der Waals surface area contributed by atoms with Crippen LogP contribution in [-0.2, 0) is 4.74 Å². The molecule has 1 aliphatic heterocycles. The van der Waals surface area contributed by atoms with Crippen molar-refractivity contribution >= 4 is 5.91 Å². The third-order valence-corrected chi connectivity index (χ3v) is 4.32. The van der Waals surface area contributed by atoms with Gasteiger partial charge in [0.1, 0.15) is 11.5 Å². The number of carbonyl (C=O) groups excluding carboxylic acids is 1. The maximum atomic E-state index is 13.2. The first-order chi connectivity index (χ1) is 11.6. The molecule has 0 aromatic heterocycles. The number of ether oxygens (including phenoxy) is 3. The van der Waals surface area contributed by atoms with E-state index in [1.165, 1.54) is 0 Å². The van der Waals surface area contributed by atoms with E-state index >= 15 is 0 Å². The van der Waals surface area contributed by atoms with Crippen LogP contribution in [0.25, 0.3) is 0 Å². The summed E-state index contributed by atoms with van der Waals surface area (Å²) in [5.74, 6) is 1.22. The van der Waals surface area contributed by atoms with Gasteiger partial charge in [0.2, 0.25) is 0 Å². The Kier molecular flexibility index (Phi) is 6.87. The van der Waals surface area contributed by atoms with Crippen LogP contribution in [-0.4, -0.2) is 76.4 Å². The minimum atomic E-state index is 0.00301. The van der Waals surface area contributed by atoms with Gasteiger partial charge in [-0.05, 0) is 39.1 Å². The van der Waals surface area contributed by atoms with Crippen LogP contribution in [0.2, 0.25) is 0 Å². The van der Waals surface area contributed by atoms with Crippen LogP contribution in [0.3, 0.4) is 0 Å². The topological polar surface area (TPSA) is 51.2 Å². The average Bonchev–Trinajstić information content (AvgIpc) is 2.61. The van der Waals surface area contributed by atoms with Crippen LogP contribution >= 0.6 is 0 Å². The monoisotopic (exact) mass is 336 g/mol. The number of carbonyl (C=O) groups is 1. The molecule has 134 valence electrons. The number of benzene rings is 1. The molecule has 0 bridgehead atoms. The molecule has 1 aromatic carbocycles. The van der Waals surface area contributed by atoms with Crippen LogP contribution < -0.4 is 9.47 Å². The molecule has 1 fully saturated rings. The Morgan fingerprint density at radius 2 is 1.88 bits per heavy atom. The number of hydrogen-bond acceptors (Lipinski definition) is 5. The van der Waals surface area contributed by atoms with E-state index < -0.39 is 0 Å². The van der Waals surface area contributed by atoms with Crippen molar-refractivity contribution in [2.75, 3.05) is 54.6 Å². The summed E-state index contributed by atoms with van der Waals surface area (Å²) < 4.78 is 16.1. The van der Waals surface area contributed by atoms with Gasteiger partial charge < -0.3 is 24.0 Å². The van der Waals surface area contributed by atoms with Gasteiger partial charge in [-0.1, -0.05) is 0 Å². The molecule has 1 heterocycles. The van der Waals surface area contributed by atoms with E-state index in [4.69, 9.17) is 14.2 Å². The summed E-state index contributed by atoms with van der Waals surface area (Å²) in [5, 5.41) is 0. The first kappa shape index (κ1) is 18.5. The summed E-state index contributed by atoms with van der Waals surface area (Å²) in [6, 6.07) is 5.53. The Morgan fingerprint density at radius 1 is 1.17 bits per heavy atom. The maximum Gasteiger partial charge on any atom is 0.257 e. The number of likely N-dealkylation sites (N-methyl/N-ethyl adjacent to an activating group) is 1. The van der Waals surface area contributed by atoms with Crippen molar-refractivity contribution in [3.05, 3.63) is 23.8 Å². The Bertz CT molecular complexity index is 542. The highest BCUT2D eigenvalue weighted by Gasteiger charge is 2.28. The lowest BCUT2D eigenvalue weighted by Gasteiger charge is -2.35. The summed E-state index contributed by atoms with van der Waals surface area (Å²) in [6.07, 6.45) is 1.75. The van der Waals surface area contributed by atoms with E-state index in [2.05, 4.69) is 4.90 Å². The van der Waals surface area contributed by atoms with Gasteiger partial charge in [0.05, 0.1) is 19.8 Å². The third-order valence-electron chi connectivity index (χ3n) is 4.32. The fraction of sp³-hybridized carbons (Fsp3) is 0.611. The van der Waals surface area contributed by atoms with Crippen LogP contribution in [0.5, 0.6) is 11.5 Å². The minimum Gasteiger partial charge on any atom is -0.497 e. The van der Waals surface area contributed by atoms with Gasteiger partial charge in [-0.3, -0.25) is 4.79 Å². The lowest BCUT2D eigenvalue weighted by atomic mass is 10.0. The molecule has 1 aromatic rings. The SMILES string of the molecule is COc1ccc(C(=O)N(CCN(C)C)C2CCOCC2)c(OC)c1. The van der Waals surface area contributed by atoms with Gasteiger partial charge in [0.15, 0.2) is 0 Å². The molecule has 6 nitrogen and oxygen atoms in total. The predicted molar refractivity (Wildman–Crippen MR) is 93.0 cm³/mol. The second-order valence-corrected chi connectivity index (χ2v) is 6.21. The minimum absolute atomic E-state index is 0.00301. The van der Waals surface area contributed by atoms with E-state index in [1.54, 1.807) is 32.4 Å². The third kappa shape index (κ3) is 4.61. The van der Waals surface area contributed by atoms with Crippen LogP contribution in [0.1, 0.15) is 23.2 Å². The Balaban J connectivity index is 2.25. The Morgan fingerprint density at radius 3 is 2.46 bits per heavy atom. The van der Waals surface area contributed by atoms with E-state index in [0.29, 0.717) is 36.8 Å². The van der Waals surface area contributed by atoms with E-state index in [0.717, 1.165) is 19.4 Å². The smallest absolute Gasteiger partial charge is 0.257 e. The van der Waals surface area contributed by atoms with Gasteiger partial charge in [0, 0.05) is 38.4 Å². The molecule has 0 aliphatic carbocycles. The zero-order chi connectivity index (χ0) is 17.5. The molecule has 6 heteroatoms. The average molecular weight is 336 g/mol. The number of nitrogens with zero attached hydrogens (tertiary/aromatic N) is 2. The lowest BCUT2D eigenvalue weighted by molar-refractivity contribution is 0.0274. The number of rotatable bonds is 7. The van der Waals surface area contributed by atoms with E-state index in [9.17, 15) is 4.79 Å². The molecule has 1 saturated heterocycles. The quantitative estimate of drug-likeness (QED) is 0.761. The van der Waals surface area contributed by atoms with Crippen molar-refractivity contribution < 1.29 is 19.0 Å². The molecule has 24 heavy (non-hydrogen) atoms. The van der Waals surface area contributed by atoms with Crippen molar-refractivity contribution in [1.29, 1.82) is 0 Å². The normalized spacial score (nSPS) is 15.4. The molecule has 0 spiro atoms. The molecule has 0 radical (unpaired) electrons. The highest BCUT2D eigenvalue weighted by Crippen LogP contribution is 2.27.